The van der Waals surface area contributed by atoms with Crippen molar-refractivity contribution < 1.29 is 14.3 Å². The van der Waals surface area contributed by atoms with E-state index in [0.29, 0.717) is 18.2 Å². The molecule has 4 rings (SSSR count). The van der Waals surface area contributed by atoms with Crippen molar-refractivity contribution in [3.8, 4) is 11.5 Å². The summed E-state index contributed by atoms with van der Waals surface area (Å²) in [5.41, 5.74) is 2.70. The molecule has 7 nitrogen and oxygen atoms in total. The normalized spacial score (nSPS) is 16.8. The monoisotopic (exact) mass is 356 g/mol. The standard InChI is InChI=1S/C19H24N4O3/c1-22(2)16(13-6-7-17-18(8-13)26-11-25-17)10-20-19(24)15-9-14(12-4-5-12)21-23(15)3/h6-9,12,16H,4-5,10-11H2,1-3H3,(H,20,24)/t16-/m1/s1. The van der Waals surface area contributed by atoms with Gasteiger partial charge >= 0.3 is 0 Å². The highest BCUT2D eigenvalue weighted by Gasteiger charge is 2.28. The third-order valence-corrected chi connectivity index (χ3v) is 4.99. The predicted octanol–water partition coefficient (Wildman–Crippen LogP) is 2.06. The summed E-state index contributed by atoms with van der Waals surface area (Å²) >= 11 is 0. The molecule has 0 unspecified atom stereocenters. The maximum Gasteiger partial charge on any atom is 0.269 e. The summed E-state index contributed by atoms with van der Waals surface area (Å²) in [4.78, 5) is 14.7. The van der Waals surface area contributed by atoms with Gasteiger partial charge in [-0.1, -0.05) is 6.07 Å². The molecule has 2 aliphatic rings. The lowest BCUT2D eigenvalue weighted by molar-refractivity contribution is 0.0932. The number of aryl methyl sites for hydroxylation is 1. The lowest BCUT2D eigenvalue weighted by atomic mass is 10.1. The van der Waals surface area contributed by atoms with Crippen LogP contribution in [0.3, 0.4) is 0 Å². The minimum atomic E-state index is -0.0977. The Morgan fingerprint density at radius 3 is 2.81 bits per heavy atom. The number of aromatic nitrogens is 2. The van der Waals surface area contributed by atoms with E-state index in [1.54, 1.807) is 4.68 Å². The van der Waals surface area contributed by atoms with Gasteiger partial charge in [-0.05, 0) is 50.7 Å². The van der Waals surface area contributed by atoms with E-state index in [1.165, 1.54) is 12.8 Å². The van der Waals surface area contributed by atoms with E-state index in [4.69, 9.17) is 9.47 Å². The van der Waals surface area contributed by atoms with Crippen LogP contribution in [0.5, 0.6) is 11.5 Å². The lowest BCUT2D eigenvalue weighted by Crippen LogP contribution is -2.35. The second-order valence-corrected chi connectivity index (χ2v) is 7.15. The number of carbonyl (C=O) groups excluding carboxylic acids is 1. The van der Waals surface area contributed by atoms with E-state index in [0.717, 1.165) is 22.8 Å². The molecule has 7 heteroatoms. The minimum Gasteiger partial charge on any atom is -0.454 e. The highest BCUT2D eigenvalue weighted by atomic mass is 16.7. The van der Waals surface area contributed by atoms with Crippen molar-refractivity contribution in [3.63, 3.8) is 0 Å². The first-order chi connectivity index (χ1) is 12.5. The zero-order valence-corrected chi connectivity index (χ0v) is 15.4. The number of ether oxygens (including phenoxy) is 2. The molecule has 2 heterocycles. The van der Waals surface area contributed by atoms with Gasteiger partial charge in [-0.3, -0.25) is 9.48 Å². The van der Waals surface area contributed by atoms with Crippen LogP contribution in [0.15, 0.2) is 24.3 Å². The van der Waals surface area contributed by atoms with Gasteiger partial charge in [-0.25, -0.2) is 0 Å². The average molecular weight is 356 g/mol. The first-order valence-corrected chi connectivity index (χ1v) is 8.91. The number of hydrogen-bond donors (Lipinski definition) is 1. The Morgan fingerprint density at radius 1 is 1.31 bits per heavy atom. The number of hydrogen-bond acceptors (Lipinski definition) is 5. The quantitative estimate of drug-likeness (QED) is 0.858. The molecule has 1 aromatic carbocycles. The topological polar surface area (TPSA) is 68.6 Å². The van der Waals surface area contributed by atoms with Crippen molar-refractivity contribution in [3.05, 3.63) is 41.2 Å². The van der Waals surface area contributed by atoms with E-state index in [-0.39, 0.29) is 18.7 Å². The Labute approximate surface area is 152 Å². The first kappa shape index (κ1) is 16.9. The molecule has 1 N–H and O–H groups in total. The summed E-state index contributed by atoms with van der Waals surface area (Å²) in [5.74, 6) is 1.95. The van der Waals surface area contributed by atoms with E-state index >= 15 is 0 Å². The van der Waals surface area contributed by atoms with Gasteiger partial charge in [0.25, 0.3) is 5.91 Å². The Bertz CT molecular complexity index is 826. The summed E-state index contributed by atoms with van der Waals surface area (Å²) in [5, 5.41) is 7.51. The molecule has 1 atom stereocenters. The molecule has 1 aliphatic heterocycles. The number of benzene rings is 1. The minimum absolute atomic E-state index is 0.0320. The molecule has 0 saturated heterocycles. The fourth-order valence-electron chi connectivity index (χ4n) is 3.28. The van der Waals surface area contributed by atoms with E-state index in [2.05, 4.69) is 15.3 Å². The zero-order chi connectivity index (χ0) is 18.3. The molecule has 138 valence electrons. The van der Waals surface area contributed by atoms with Gasteiger partial charge in [-0.2, -0.15) is 5.10 Å². The Morgan fingerprint density at radius 2 is 2.08 bits per heavy atom. The molecule has 1 fully saturated rings. The number of rotatable bonds is 6. The number of fused-ring (bicyclic) bond motifs is 1. The average Bonchev–Trinajstić information content (AvgIpc) is 3.22. The summed E-state index contributed by atoms with van der Waals surface area (Å²) in [7, 11) is 5.81. The van der Waals surface area contributed by atoms with Crippen LogP contribution in [0.25, 0.3) is 0 Å². The second kappa shape index (κ2) is 6.64. The van der Waals surface area contributed by atoms with Crippen LogP contribution in [0.2, 0.25) is 0 Å². The van der Waals surface area contributed by atoms with Gasteiger partial charge in [0.2, 0.25) is 6.79 Å². The molecule has 2 aromatic rings. The molecule has 1 amide bonds. The van der Waals surface area contributed by atoms with E-state index in [1.807, 2.05) is 45.4 Å². The first-order valence-electron chi connectivity index (χ1n) is 8.91. The van der Waals surface area contributed by atoms with Gasteiger partial charge in [0.1, 0.15) is 5.69 Å². The molecule has 0 spiro atoms. The SMILES string of the molecule is CN(C)[C@H](CNC(=O)c1cc(C2CC2)nn1C)c1ccc2c(c1)OCO2. The van der Waals surface area contributed by atoms with Crippen molar-refractivity contribution in [2.75, 3.05) is 27.4 Å². The van der Waals surface area contributed by atoms with Crippen molar-refractivity contribution in [1.29, 1.82) is 0 Å². The number of likely N-dealkylation sites (N-methyl/N-ethyl adjacent to an activating group) is 1. The third kappa shape index (κ3) is 3.26. The fraction of sp³-hybridized carbons (Fsp3) is 0.474. The van der Waals surface area contributed by atoms with Crippen LogP contribution >= 0.6 is 0 Å². The van der Waals surface area contributed by atoms with E-state index < -0.39 is 0 Å². The highest BCUT2D eigenvalue weighted by Crippen LogP contribution is 2.39. The summed E-state index contributed by atoms with van der Waals surface area (Å²) < 4.78 is 12.5. The number of nitrogens with one attached hydrogen (secondary N) is 1. The summed E-state index contributed by atoms with van der Waals surface area (Å²) in [6.07, 6.45) is 2.34. The Hall–Kier alpha value is -2.54. The van der Waals surface area contributed by atoms with Crippen LogP contribution < -0.4 is 14.8 Å². The summed E-state index contributed by atoms with van der Waals surface area (Å²) in [6.45, 7) is 0.751. The fourth-order valence-corrected chi connectivity index (χ4v) is 3.28. The maximum absolute atomic E-state index is 12.6. The molecule has 1 aromatic heterocycles. The Balaban J connectivity index is 1.46. The number of nitrogens with zero attached hydrogens (tertiary/aromatic N) is 3. The number of carbonyl (C=O) groups is 1. The van der Waals surface area contributed by atoms with Crippen molar-refractivity contribution in [2.45, 2.75) is 24.8 Å². The van der Waals surface area contributed by atoms with Gasteiger partial charge in [-0.15, -0.1) is 0 Å². The lowest BCUT2D eigenvalue weighted by Gasteiger charge is -2.25. The molecule has 0 radical (unpaired) electrons. The van der Waals surface area contributed by atoms with Gasteiger partial charge < -0.3 is 19.7 Å². The van der Waals surface area contributed by atoms with Crippen LogP contribution in [0.1, 0.15) is 46.5 Å². The van der Waals surface area contributed by atoms with E-state index in [9.17, 15) is 4.79 Å². The van der Waals surface area contributed by atoms with Gasteiger partial charge in [0.15, 0.2) is 11.5 Å². The summed E-state index contributed by atoms with van der Waals surface area (Å²) in [6, 6.07) is 7.86. The molecule has 1 aliphatic carbocycles. The molecule has 0 bridgehead atoms. The number of amides is 1. The van der Waals surface area contributed by atoms with Crippen LogP contribution in [0.4, 0.5) is 0 Å². The molecule has 1 saturated carbocycles. The van der Waals surface area contributed by atoms with Gasteiger partial charge in [0.05, 0.1) is 11.7 Å². The van der Waals surface area contributed by atoms with Crippen LogP contribution in [0, 0.1) is 0 Å². The van der Waals surface area contributed by atoms with Crippen molar-refractivity contribution in [1.82, 2.24) is 20.0 Å². The molecule has 26 heavy (non-hydrogen) atoms. The smallest absolute Gasteiger partial charge is 0.269 e. The van der Waals surface area contributed by atoms with Crippen molar-refractivity contribution >= 4 is 5.91 Å². The highest BCUT2D eigenvalue weighted by molar-refractivity contribution is 5.92. The maximum atomic E-state index is 12.6. The zero-order valence-electron chi connectivity index (χ0n) is 15.4. The molecular weight excluding hydrogens is 332 g/mol. The second-order valence-electron chi connectivity index (χ2n) is 7.15. The van der Waals surface area contributed by atoms with Crippen molar-refractivity contribution in [2.24, 2.45) is 7.05 Å². The largest absolute Gasteiger partial charge is 0.454 e. The molecular formula is C19H24N4O3. The predicted molar refractivity (Wildman–Crippen MR) is 96.5 cm³/mol. The Kier molecular flexibility index (Phi) is 4.32. The third-order valence-electron chi connectivity index (χ3n) is 4.99. The van der Waals surface area contributed by atoms with Crippen LogP contribution in [-0.4, -0.2) is 48.0 Å². The van der Waals surface area contributed by atoms with Gasteiger partial charge in [0, 0.05) is 19.5 Å². The van der Waals surface area contributed by atoms with Crippen LogP contribution in [-0.2, 0) is 7.05 Å².